The van der Waals surface area contributed by atoms with Crippen molar-refractivity contribution in [2.75, 3.05) is 13.1 Å². The van der Waals surface area contributed by atoms with E-state index >= 15 is 0 Å². The number of carbonyl (C=O) groups is 1. The van der Waals surface area contributed by atoms with Crippen LogP contribution in [0.15, 0.2) is 11.0 Å². The molecule has 0 radical (unpaired) electrons. The van der Waals surface area contributed by atoms with Crippen LogP contribution in [-0.2, 0) is 11.2 Å². The first-order valence-electron chi connectivity index (χ1n) is 9.23. The Morgan fingerprint density at radius 2 is 1.96 bits per heavy atom. The van der Waals surface area contributed by atoms with E-state index in [0.717, 1.165) is 37.4 Å². The van der Waals surface area contributed by atoms with Gasteiger partial charge in [0.2, 0.25) is 0 Å². The van der Waals surface area contributed by atoms with E-state index in [4.69, 9.17) is 14.9 Å². The highest BCUT2D eigenvalue weighted by atomic mass is 19.4. The van der Waals surface area contributed by atoms with Crippen LogP contribution < -0.4 is 10.9 Å². The summed E-state index contributed by atoms with van der Waals surface area (Å²) in [6.45, 7) is 1.91. The van der Waals surface area contributed by atoms with Gasteiger partial charge in [-0.1, -0.05) is 25.7 Å². The second-order valence-electron chi connectivity index (χ2n) is 7.14. The van der Waals surface area contributed by atoms with Crippen LogP contribution in [0.1, 0.15) is 44.0 Å². The van der Waals surface area contributed by atoms with Gasteiger partial charge in [-0.3, -0.25) is 4.79 Å². The highest BCUT2D eigenvalue weighted by molar-refractivity contribution is 5.73. The van der Waals surface area contributed by atoms with E-state index in [2.05, 4.69) is 15.4 Å². The molecular formula is C17H22F3N5O3. The van der Waals surface area contributed by atoms with Crippen molar-refractivity contribution in [2.45, 2.75) is 50.7 Å². The van der Waals surface area contributed by atoms with Gasteiger partial charge in [0.05, 0.1) is 12.2 Å². The largest absolute Gasteiger partial charge is 0.490 e. The third-order valence-corrected chi connectivity index (χ3v) is 5.09. The quantitative estimate of drug-likeness (QED) is 0.725. The molecule has 1 aliphatic carbocycles. The first-order chi connectivity index (χ1) is 13.3. The lowest BCUT2D eigenvalue weighted by Crippen LogP contribution is -2.21. The number of H-pyrrole nitrogens is 1. The smallest absolute Gasteiger partial charge is 0.475 e. The SMILES string of the molecule is O=C(O)C(F)(F)F.O=c1[nH]c(CC2CCCC2)nc2c1cnn2C1CCNC1. The van der Waals surface area contributed by atoms with Crippen molar-refractivity contribution in [1.82, 2.24) is 25.1 Å². The zero-order chi connectivity index (χ0) is 20.3. The molecule has 154 valence electrons. The Morgan fingerprint density at radius 1 is 1.29 bits per heavy atom. The number of fused-ring (bicyclic) bond motifs is 1. The number of aromatic nitrogens is 4. The Hall–Kier alpha value is -2.43. The second-order valence-corrected chi connectivity index (χ2v) is 7.14. The lowest BCUT2D eigenvalue weighted by atomic mass is 10.0. The molecule has 3 heterocycles. The summed E-state index contributed by atoms with van der Waals surface area (Å²) in [7, 11) is 0. The predicted octanol–water partition coefficient (Wildman–Crippen LogP) is 2.02. The summed E-state index contributed by atoms with van der Waals surface area (Å²) in [5.74, 6) is -1.25. The average molecular weight is 401 g/mol. The summed E-state index contributed by atoms with van der Waals surface area (Å²) in [5, 5.41) is 15.5. The molecule has 1 atom stereocenters. The fraction of sp³-hybridized carbons (Fsp3) is 0.647. The first kappa shape index (κ1) is 20.3. The number of halogens is 3. The molecule has 1 saturated heterocycles. The zero-order valence-electron chi connectivity index (χ0n) is 15.1. The Kier molecular flexibility index (Phi) is 6.01. The number of aliphatic carboxylic acids is 1. The van der Waals surface area contributed by atoms with Crippen molar-refractivity contribution < 1.29 is 23.1 Å². The van der Waals surface area contributed by atoms with Gasteiger partial charge >= 0.3 is 12.1 Å². The molecule has 4 rings (SSSR count). The fourth-order valence-electron chi connectivity index (χ4n) is 3.68. The number of carboxylic acids is 1. The van der Waals surface area contributed by atoms with Crippen LogP contribution in [-0.4, -0.2) is 50.1 Å². The standard InChI is InChI=1S/C15H21N5O.C2HF3O2/c21-15-12-9-17-20(11-5-6-16-8-11)14(12)18-13(19-15)7-10-3-1-2-4-10;3-2(4,5)1(6)7/h9-11,16H,1-8H2,(H,18,19,21);(H,6,7). The molecule has 2 aliphatic rings. The molecule has 3 N–H and O–H groups in total. The molecule has 2 aromatic heterocycles. The van der Waals surface area contributed by atoms with Gasteiger partial charge < -0.3 is 15.4 Å². The first-order valence-corrected chi connectivity index (χ1v) is 9.23. The topological polar surface area (TPSA) is 113 Å². The van der Waals surface area contributed by atoms with E-state index in [1.807, 2.05) is 4.68 Å². The van der Waals surface area contributed by atoms with Gasteiger partial charge in [-0.15, -0.1) is 0 Å². The van der Waals surface area contributed by atoms with Gasteiger partial charge in [-0.2, -0.15) is 18.3 Å². The summed E-state index contributed by atoms with van der Waals surface area (Å²) in [6, 6.07) is 0.316. The zero-order valence-corrected chi connectivity index (χ0v) is 15.1. The van der Waals surface area contributed by atoms with E-state index in [1.165, 1.54) is 25.7 Å². The van der Waals surface area contributed by atoms with Crippen molar-refractivity contribution in [3.63, 3.8) is 0 Å². The summed E-state index contributed by atoms with van der Waals surface area (Å²) >= 11 is 0. The number of aromatic amines is 1. The number of nitrogens with zero attached hydrogens (tertiary/aromatic N) is 3. The van der Waals surface area contributed by atoms with Crippen LogP contribution in [0, 0.1) is 5.92 Å². The molecule has 0 spiro atoms. The molecule has 2 fully saturated rings. The molecule has 1 aliphatic heterocycles. The highest BCUT2D eigenvalue weighted by Crippen LogP contribution is 2.27. The number of hydrogen-bond donors (Lipinski definition) is 3. The van der Waals surface area contributed by atoms with Crippen LogP contribution in [0.2, 0.25) is 0 Å². The fourth-order valence-corrected chi connectivity index (χ4v) is 3.68. The van der Waals surface area contributed by atoms with E-state index in [1.54, 1.807) is 6.20 Å². The summed E-state index contributed by atoms with van der Waals surface area (Å²) in [5.41, 5.74) is 0.700. The molecule has 2 aromatic rings. The molecule has 8 nitrogen and oxygen atoms in total. The van der Waals surface area contributed by atoms with Crippen molar-refractivity contribution in [1.29, 1.82) is 0 Å². The van der Waals surface area contributed by atoms with E-state index in [-0.39, 0.29) is 5.56 Å². The molecular weight excluding hydrogens is 379 g/mol. The molecule has 28 heavy (non-hydrogen) atoms. The number of carboxylic acid groups (broad SMARTS) is 1. The lowest BCUT2D eigenvalue weighted by molar-refractivity contribution is -0.192. The minimum Gasteiger partial charge on any atom is -0.475 e. The van der Waals surface area contributed by atoms with Gasteiger partial charge in [0.15, 0.2) is 5.65 Å². The van der Waals surface area contributed by atoms with Crippen molar-refractivity contribution in [3.05, 3.63) is 22.4 Å². The van der Waals surface area contributed by atoms with Gasteiger partial charge in [-0.25, -0.2) is 14.5 Å². The Labute approximate surface area is 158 Å². The molecule has 0 bridgehead atoms. The maximum atomic E-state index is 12.2. The second kappa shape index (κ2) is 8.29. The molecule has 1 saturated carbocycles. The summed E-state index contributed by atoms with van der Waals surface area (Å²) < 4.78 is 33.7. The van der Waals surface area contributed by atoms with Crippen molar-refractivity contribution in [2.24, 2.45) is 5.92 Å². The third kappa shape index (κ3) is 4.70. The van der Waals surface area contributed by atoms with Crippen LogP contribution in [0.25, 0.3) is 11.0 Å². The normalized spacial score (nSPS) is 20.3. The van der Waals surface area contributed by atoms with Crippen LogP contribution >= 0.6 is 0 Å². The van der Waals surface area contributed by atoms with E-state index in [9.17, 15) is 18.0 Å². The maximum absolute atomic E-state index is 12.2. The Bertz CT molecular complexity index is 880. The number of rotatable bonds is 3. The molecule has 1 unspecified atom stereocenters. The minimum absolute atomic E-state index is 0.0507. The van der Waals surface area contributed by atoms with Crippen LogP contribution in [0.3, 0.4) is 0 Å². The molecule has 0 amide bonds. The summed E-state index contributed by atoms with van der Waals surface area (Å²) in [4.78, 5) is 28.8. The van der Waals surface area contributed by atoms with Crippen molar-refractivity contribution >= 4 is 17.0 Å². The third-order valence-electron chi connectivity index (χ3n) is 5.09. The van der Waals surface area contributed by atoms with Crippen molar-refractivity contribution in [3.8, 4) is 0 Å². The predicted molar refractivity (Wildman–Crippen MR) is 94.0 cm³/mol. The van der Waals surface area contributed by atoms with Gasteiger partial charge in [0.1, 0.15) is 11.2 Å². The Balaban J connectivity index is 0.000000279. The molecule has 11 heteroatoms. The number of nitrogens with one attached hydrogen (secondary N) is 2. The van der Waals surface area contributed by atoms with E-state index < -0.39 is 12.1 Å². The van der Waals surface area contributed by atoms with E-state index in [0.29, 0.717) is 17.3 Å². The van der Waals surface area contributed by atoms with Gasteiger partial charge in [-0.05, 0) is 18.9 Å². The maximum Gasteiger partial charge on any atom is 0.490 e. The van der Waals surface area contributed by atoms with Crippen LogP contribution in [0.5, 0.6) is 0 Å². The van der Waals surface area contributed by atoms with Gasteiger partial charge in [0, 0.05) is 13.0 Å². The lowest BCUT2D eigenvalue weighted by Gasteiger charge is -2.11. The summed E-state index contributed by atoms with van der Waals surface area (Å²) in [6.07, 6.45) is 3.63. The molecule has 0 aromatic carbocycles. The van der Waals surface area contributed by atoms with Gasteiger partial charge in [0.25, 0.3) is 5.56 Å². The highest BCUT2D eigenvalue weighted by Gasteiger charge is 2.38. The minimum atomic E-state index is -5.08. The van der Waals surface area contributed by atoms with Crippen LogP contribution in [0.4, 0.5) is 13.2 Å². The monoisotopic (exact) mass is 401 g/mol. The number of hydrogen-bond acceptors (Lipinski definition) is 5. The number of alkyl halides is 3. The average Bonchev–Trinajstić information content (AvgIpc) is 3.35. The Morgan fingerprint density at radius 3 is 2.54 bits per heavy atom.